The number of hydrogen-bond donors (Lipinski definition) is 1. The Bertz CT molecular complexity index is 747. The van der Waals surface area contributed by atoms with E-state index >= 15 is 0 Å². The highest BCUT2D eigenvalue weighted by molar-refractivity contribution is 6.42. The molecular weight excluding hydrogens is 365 g/mol. The molecule has 0 aliphatic rings. The molecule has 0 saturated carbocycles. The van der Waals surface area contributed by atoms with E-state index in [9.17, 15) is 9.59 Å². The van der Waals surface area contributed by atoms with E-state index in [-0.39, 0.29) is 18.9 Å². The number of carbonyl (C=O) groups is 2. The van der Waals surface area contributed by atoms with E-state index < -0.39 is 5.97 Å². The fourth-order valence-electron chi connectivity index (χ4n) is 2.01. The summed E-state index contributed by atoms with van der Waals surface area (Å²) in [5.74, 6) is -0.150. The van der Waals surface area contributed by atoms with Gasteiger partial charge >= 0.3 is 5.97 Å². The quantitative estimate of drug-likeness (QED) is 0.746. The summed E-state index contributed by atoms with van der Waals surface area (Å²) < 4.78 is 10.0. The molecule has 0 heterocycles. The molecule has 5 nitrogen and oxygen atoms in total. The van der Waals surface area contributed by atoms with Crippen molar-refractivity contribution in [1.29, 1.82) is 0 Å². The van der Waals surface area contributed by atoms with Crippen molar-refractivity contribution in [2.24, 2.45) is 0 Å². The Kier molecular flexibility index (Phi) is 7.10. The fourth-order valence-corrected chi connectivity index (χ4v) is 2.33. The van der Waals surface area contributed by atoms with Crippen LogP contribution in [0.5, 0.6) is 5.75 Å². The largest absolute Gasteiger partial charge is 0.497 e. The Labute approximate surface area is 155 Å². The Morgan fingerprint density at radius 1 is 1.00 bits per heavy atom. The second kappa shape index (κ2) is 9.30. The lowest BCUT2D eigenvalue weighted by Crippen LogP contribution is -2.28. The third-order valence-electron chi connectivity index (χ3n) is 3.35. The van der Waals surface area contributed by atoms with Crippen LogP contribution in [0.4, 0.5) is 0 Å². The summed E-state index contributed by atoms with van der Waals surface area (Å²) in [4.78, 5) is 23.5. The number of rotatable bonds is 7. The molecule has 7 heteroatoms. The van der Waals surface area contributed by atoms with Crippen LogP contribution in [-0.2, 0) is 27.3 Å². The molecule has 0 aromatic heterocycles. The fraction of sp³-hybridized carbons (Fsp3) is 0.222. The average Bonchev–Trinajstić information content (AvgIpc) is 2.61. The van der Waals surface area contributed by atoms with Crippen molar-refractivity contribution >= 4 is 35.1 Å². The lowest BCUT2D eigenvalue weighted by molar-refractivity contribution is -0.147. The van der Waals surface area contributed by atoms with Crippen molar-refractivity contribution in [2.75, 3.05) is 13.7 Å². The maximum atomic E-state index is 11.8. The summed E-state index contributed by atoms with van der Waals surface area (Å²) >= 11 is 11.7. The summed E-state index contributed by atoms with van der Waals surface area (Å²) in [6.45, 7) is 0.00345. The first-order valence-electron chi connectivity index (χ1n) is 7.47. The number of halogens is 2. The SMILES string of the molecule is COc1ccc(CNC(=O)COC(=O)Cc2ccc(Cl)c(Cl)c2)cc1. The summed E-state index contributed by atoms with van der Waals surface area (Å²) in [5, 5.41) is 3.46. The van der Waals surface area contributed by atoms with E-state index in [4.69, 9.17) is 32.7 Å². The van der Waals surface area contributed by atoms with Gasteiger partial charge in [0, 0.05) is 6.54 Å². The monoisotopic (exact) mass is 381 g/mol. The topological polar surface area (TPSA) is 64.6 Å². The van der Waals surface area contributed by atoms with E-state index in [1.807, 2.05) is 12.1 Å². The predicted octanol–water partition coefficient (Wildman–Crippen LogP) is 3.40. The van der Waals surface area contributed by atoms with Gasteiger partial charge in [-0.3, -0.25) is 9.59 Å². The van der Waals surface area contributed by atoms with Crippen LogP contribution >= 0.6 is 23.2 Å². The smallest absolute Gasteiger partial charge is 0.310 e. The highest BCUT2D eigenvalue weighted by Gasteiger charge is 2.10. The third-order valence-corrected chi connectivity index (χ3v) is 4.08. The van der Waals surface area contributed by atoms with Gasteiger partial charge in [-0.1, -0.05) is 41.4 Å². The lowest BCUT2D eigenvalue weighted by atomic mass is 10.1. The van der Waals surface area contributed by atoms with Gasteiger partial charge in [0.05, 0.1) is 23.6 Å². The predicted molar refractivity (Wildman–Crippen MR) is 96.0 cm³/mol. The maximum absolute atomic E-state index is 11.8. The van der Waals surface area contributed by atoms with E-state index in [0.717, 1.165) is 11.3 Å². The minimum Gasteiger partial charge on any atom is -0.497 e. The molecule has 2 aromatic rings. The van der Waals surface area contributed by atoms with Crippen LogP contribution in [0.15, 0.2) is 42.5 Å². The molecule has 2 rings (SSSR count). The molecule has 0 aliphatic heterocycles. The number of benzene rings is 2. The molecule has 132 valence electrons. The zero-order valence-corrected chi connectivity index (χ0v) is 15.1. The van der Waals surface area contributed by atoms with Crippen LogP contribution in [0.3, 0.4) is 0 Å². The van der Waals surface area contributed by atoms with Gasteiger partial charge in [0.15, 0.2) is 6.61 Å². The minimum atomic E-state index is -0.516. The Balaban J connectivity index is 1.73. The van der Waals surface area contributed by atoms with Gasteiger partial charge in [-0.15, -0.1) is 0 Å². The van der Waals surface area contributed by atoms with E-state index in [0.29, 0.717) is 22.2 Å². The van der Waals surface area contributed by atoms with Crippen LogP contribution in [0.1, 0.15) is 11.1 Å². The summed E-state index contributed by atoms with van der Waals surface area (Å²) in [7, 11) is 1.59. The molecule has 1 amide bonds. The number of ether oxygens (including phenoxy) is 2. The molecule has 25 heavy (non-hydrogen) atoms. The third kappa shape index (κ3) is 6.29. The Morgan fingerprint density at radius 2 is 1.68 bits per heavy atom. The van der Waals surface area contributed by atoms with Gasteiger partial charge < -0.3 is 14.8 Å². The minimum absolute atomic E-state index is 0.0165. The van der Waals surface area contributed by atoms with Crippen LogP contribution in [0, 0.1) is 0 Å². The van der Waals surface area contributed by atoms with Gasteiger partial charge in [0.1, 0.15) is 5.75 Å². The van der Waals surface area contributed by atoms with Gasteiger partial charge in [0.25, 0.3) is 5.91 Å². The standard InChI is InChI=1S/C18H17Cl2NO4/c1-24-14-5-2-12(3-6-14)10-21-17(22)11-25-18(23)9-13-4-7-15(19)16(20)8-13/h2-8H,9-11H2,1H3,(H,21,22). The van der Waals surface area contributed by atoms with E-state index in [1.54, 1.807) is 37.4 Å². The van der Waals surface area contributed by atoms with Crippen molar-refractivity contribution in [3.63, 3.8) is 0 Å². The number of esters is 1. The average molecular weight is 382 g/mol. The molecule has 1 N–H and O–H groups in total. The normalized spacial score (nSPS) is 10.2. The summed E-state index contributed by atoms with van der Waals surface area (Å²) in [5.41, 5.74) is 1.58. The summed E-state index contributed by atoms with van der Waals surface area (Å²) in [6.07, 6.45) is 0.0165. The Morgan fingerprint density at radius 3 is 2.32 bits per heavy atom. The van der Waals surface area contributed by atoms with Crippen molar-refractivity contribution in [3.05, 3.63) is 63.6 Å². The number of hydrogen-bond acceptors (Lipinski definition) is 4. The van der Waals surface area contributed by atoms with E-state index in [1.165, 1.54) is 0 Å². The first-order valence-corrected chi connectivity index (χ1v) is 8.22. The van der Waals surface area contributed by atoms with Crippen molar-refractivity contribution in [2.45, 2.75) is 13.0 Å². The van der Waals surface area contributed by atoms with Crippen LogP contribution < -0.4 is 10.1 Å². The first-order chi connectivity index (χ1) is 12.0. The maximum Gasteiger partial charge on any atom is 0.310 e. The molecule has 2 aromatic carbocycles. The molecule has 0 radical (unpaired) electrons. The van der Waals surface area contributed by atoms with Crippen molar-refractivity contribution in [1.82, 2.24) is 5.32 Å². The van der Waals surface area contributed by atoms with Crippen molar-refractivity contribution < 1.29 is 19.1 Å². The highest BCUT2D eigenvalue weighted by atomic mass is 35.5. The second-order valence-electron chi connectivity index (χ2n) is 5.21. The molecule has 0 bridgehead atoms. The molecule has 0 unspecified atom stereocenters. The van der Waals surface area contributed by atoms with Gasteiger partial charge in [-0.2, -0.15) is 0 Å². The lowest BCUT2D eigenvalue weighted by Gasteiger charge is -2.08. The Hall–Kier alpha value is -2.24. The number of amides is 1. The number of carbonyl (C=O) groups excluding carboxylic acids is 2. The molecule has 0 aliphatic carbocycles. The van der Waals surface area contributed by atoms with Gasteiger partial charge in [0.2, 0.25) is 0 Å². The van der Waals surface area contributed by atoms with Crippen LogP contribution in [0.25, 0.3) is 0 Å². The zero-order valence-electron chi connectivity index (χ0n) is 13.6. The van der Waals surface area contributed by atoms with Crippen LogP contribution in [-0.4, -0.2) is 25.6 Å². The molecular formula is C18H17Cl2NO4. The van der Waals surface area contributed by atoms with Crippen LogP contribution in [0.2, 0.25) is 10.0 Å². The second-order valence-corrected chi connectivity index (χ2v) is 6.03. The zero-order chi connectivity index (χ0) is 18.2. The van der Waals surface area contributed by atoms with Crippen molar-refractivity contribution in [3.8, 4) is 5.75 Å². The number of methoxy groups -OCH3 is 1. The van der Waals surface area contributed by atoms with Gasteiger partial charge in [-0.25, -0.2) is 0 Å². The molecule has 0 spiro atoms. The molecule has 0 saturated heterocycles. The molecule has 0 fully saturated rings. The summed E-state index contributed by atoms with van der Waals surface area (Å²) in [6, 6.07) is 12.2. The van der Waals surface area contributed by atoms with E-state index in [2.05, 4.69) is 5.32 Å². The highest BCUT2D eigenvalue weighted by Crippen LogP contribution is 2.22. The first kappa shape index (κ1) is 19.1. The van der Waals surface area contributed by atoms with Gasteiger partial charge in [-0.05, 0) is 35.4 Å². The molecule has 0 atom stereocenters. The number of nitrogens with one attached hydrogen (secondary N) is 1.